The number of nitrogens with two attached hydrogens (primary N) is 1. The summed E-state index contributed by atoms with van der Waals surface area (Å²) >= 11 is 3.05. The van der Waals surface area contributed by atoms with Gasteiger partial charge in [0.25, 0.3) is 0 Å². The van der Waals surface area contributed by atoms with Crippen LogP contribution in [0.25, 0.3) is 11.3 Å². The molecule has 0 radical (unpaired) electrons. The van der Waals surface area contributed by atoms with Crippen molar-refractivity contribution >= 4 is 46.5 Å². The van der Waals surface area contributed by atoms with Gasteiger partial charge in [-0.25, -0.2) is 4.98 Å². The first-order valence-electron chi connectivity index (χ1n) is 7.21. The Hall–Kier alpha value is -1.28. The molecule has 1 aromatic carbocycles. The third-order valence-electron chi connectivity index (χ3n) is 3.33. The molecule has 24 heavy (non-hydrogen) atoms. The van der Waals surface area contributed by atoms with Gasteiger partial charge in [-0.2, -0.15) is 11.8 Å². The van der Waals surface area contributed by atoms with Gasteiger partial charge in [0.15, 0.2) is 5.13 Å². The molecule has 5 nitrogen and oxygen atoms in total. The molecule has 0 aliphatic carbocycles. The fourth-order valence-electron chi connectivity index (χ4n) is 2.05. The number of aromatic nitrogens is 1. The van der Waals surface area contributed by atoms with Crippen molar-refractivity contribution in [2.75, 3.05) is 24.4 Å². The molecule has 0 bridgehead atoms. The molecule has 0 saturated heterocycles. The summed E-state index contributed by atoms with van der Waals surface area (Å²) in [6.07, 6.45) is 2.64. The van der Waals surface area contributed by atoms with Crippen LogP contribution in [0.15, 0.2) is 23.6 Å². The summed E-state index contributed by atoms with van der Waals surface area (Å²) in [6.45, 7) is 2.02. The third-order valence-corrected chi connectivity index (χ3v) is 4.74. The van der Waals surface area contributed by atoms with E-state index in [1.165, 1.54) is 11.3 Å². The zero-order valence-corrected chi connectivity index (χ0v) is 16.3. The lowest BCUT2D eigenvalue weighted by Crippen LogP contribution is -2.36. The molecule has 0 unspecified atom stereocenters. The Bertz CT molecular complexity index is 679. The van der Waals surface area contributed by atoms with Gasteiger partial charge < -0.3 is 15.8 Å². The van der Waals surface area contributed by atoms with E-state index < -0.39 is 6.04 Å². The number of halogens is 1. The second-order valence-electron chi connectivity index (χ2n) is 5.12. The molecule has 0 aliphatic heterocycles. The van der Waals surface area contributed by atoms with E-state index in [-0.39, 0.29) is 18.3 Å². The van der Waals surface area contributed by atoms with Crippen molar-refractivity contribution in [3.63, 3.8) is 0 Å². The predicted octanol–water partition coefficient (Wildman–Crippen LogP) is 3.57. The van der Waals surface area contributed by atoms with Crippen molar-refractivity contribution in [1.82, 2.24) is 4.98 Å². The molecular weight excluding hydrogens is 366 g/mol. The Morgan fingerprint density at radius 2 is 2.25 bits per heavy atom. The smallest absolute Gasteiger partial charge is 0.243 e. The minimum Gasteiger partial charge on any atom is -0.496 e. The van der Waals surface area contributed by atoms with Gasteiger partial charge in [0.2, 0.25) is 5.91 Å². The highest BCUT2D eigenvalue weighted by atomic mass is 35.5. The maximum Gasteiger partial charge on any atom is 0.243 e. The summed E-state index contributed by atoms with van der Waals surface area (Å²) in [6, 6.07) is 5.41. The van der Waals surface area contributed by atoms with Gasteiger partial charge in [-0.3, -0.25) is 4.79 Å². The van der Waals surface area contributed by atoms with Crippen molar-refractivity contribution in [3.8, 4) is 17.0 Å². The summed E-state index contributed by atoms with van der Waals surface area (Å²) in [5.41, 5.74) is 8.68. The number of carbonyl (C=O) groups excluding carboxylic acids is 1. The number of hydrogen-bond donors (Lipinski definition) is 2. The standard InChI is InChI=1S/C16H21N3O2S2.ClH/c1-10-4-5-14(21-2)11(8-10)13-9-23-16(18-13)19-15(20)12(17)6-7-22-3;/h4-5,8-9,12H,6-7,17H2,1-3H3,(H,18,19,20);1H/t12-;/m0./s1. The second kappa shape index (κ2) is 9.88. The fourth-order valence-corrected chi connectivity index (χ4v) is 3.25. The van der Waals surface area contributed by atoms with Crippen LogP contribution in [-0.2, 0) is 4.79 Å². The average Bonchev–Trinajstić information content (AvgIpc) is 3.00. The van der Waals surface area contributed by atoms with Crippen molar-refractivity contribution in [3.05, 3.63) is 29.1 Å². The molecule has 1 aromatic heterocycles. The van der Waals surface area contributed by atoms with Gasteiger partial charge in [-0.1, -0.05) is 11.6 Å². The number of carbonyl (C=O) groups is 1. The lowest BCUT2D eigenvalue weighted by atomic mass is 10.1. The number of methoxy groups -OCH3 is 1. The molecule has 0 aliphatic rings. The van der Waals surface area contributed by atoms with Crippen LogP contribution in [0.2, 0.25) is 0 Å². The zero-order chi connectivity index (χ0) is 16.8. The van der Waals surface area contributed by atoms with E-state index in [0.717, 1.165) is 28.3 Å². The molecule has 2 aromatic rings. The number of benzene rings is 1. The molecule has 8 heteroatoms. The van der Waals surface area contributed by atoms with E-state index in [9.17, 15) is 4.79 Å². The zero-order valence-electron chi connectivity index (χ0n) is 13.9. The van der Waals surface area contributed by atoms with Crippen LogP contribution in [-0.4, -0.2) is 36.1 Å². The van der Waals surface area contributed by atoms with Crippen molar-refractivity contribution < 1.29 is 9.53 Å². The van der Waals surface area contributed by atoms with E-state index in [0.29, 0.717) is 11.6 Å². The third kappa shape index (κ3) is 5.37. The van der Waals surface area contributed by atoms with Gasteiger partial charge in [-0.05, 0) is 37.5 Å². The highest BCUT2D eigenvalue weighted by Gasteiger charge is 2.16. The molecule has 1 amide bonds. The van der Waals surface area contributed by atoms with Crippen molar-refractivity contribution in [2.24, 2.45) is 5.73 Å². The highest BCUT2D eigenvalue weighted by molar-refractivity contribution is 7.98. The quantitative estimate of drug-likeness (QED) is 0.759. The lowest BCUT2D eigenvalue weighted by molar-refractivity contribution is -0.117. The molecule has 0 spiro atoms. The minimum atomic E-state index is -0.511. The maximum atomic E-state index is 12.0. The normalized spacial score (nSPS) is 11.5. The summed E-state index contributed by atoms with van der Waals surface area (Å²) in [5, 5.41) is 5.24. The number of aryl methyl sites for hydroxylation is 1. The van der Waals surface area contributed by atoms with Crippen LogP contribution in [0, 0.1) is 6.92 Å². The Morgan fingerprint density at radius 3 is 2.92 bits per heavy atom. The number of nitrogens with zero attached hydrogens (tertiary/aromatic N) is 1. The predicted molar refractivity (Wildman–Crippen MR) is 106 cm³/mol. The van der Waals surface area contributed by atoms with Crippen molar-refractivity contribution in [2.45, 2.75) is 19.4 Å². The van der Waals surface area contributed by atoms with Crippen molar-refractivity contribution in [1.29, 1.82) is 0 Å². The average molecular weight is 388 g/mol. The van der Waals surface area contributed by atoms with Gasteiger partial charge >= 0.3 is 0 Å². The number of thioether (sulfide) groups is 1. The molecule has 3 N–H and O–H groups in total. The van der Waals surface area contributed by atoms with Gasteiger partial charge in [0.1, 0.15) is 5.75 Å². The van der Waals surface area contributed by atoms with E-state index in [4.69, 9.17) is 10.5 Å². The SMILES string of the molecule is COc1ccc(C)cc1-c1csc(NC(=O)[C@@H](N)CCSC)n1.Cl. The number of anilines is 1. The van der Waals surface area contributed by atoms with E-state index in [1.807, 2.05) is 36.8 Å². The van der Waals surface area contributed by atoms with Crippen LogP contribution >= 0.6 is 35.5 Å². The van der Waals surface area contributed by atoms with Gasteiger partial charge in [0, 0.05) is 10.9 Å². The maximum absolute atomic E-state index is 12.0. The molecule has 0 fully saturated rings. The summed E-state index contributed by atoms with van der Waals surface area (Å²) in [7, 11) is 1.63. The molecule has 2 rings (SSSR count). The summed E-state index contributed by atoms with van der Waals surface area (Å²) in [5.74, 6) is 1.42. The largest absolute Gasteiger partial charge is 0.496 e. The molecule has 0 saturated carbocycles. The van der Waals surface area contributed by atoms with Gasteiger partial charge in [-0.15, -0.1) is 23.7 Å². The van der Waals surface area contributed by atoms with E-state index in [1.54, 1.807) is 18.9 Å². The Labute approximate surface area is 156 Å². The minimum absolute atomic E-state index is 0. The fraction of sp³-hybridized carbons (Fsp3) is 0.375. The summed E-state index contributed by atoms with van der Waals surface area (Å²) < 4.78 is 5.38. The first-order valence-corrected chi connectivity index (χ1v) is 9.48. The highest BCUT2D eigenvalue weighted by Crippen LogP contribution is 2.32. The lowest BCUT2D eigenvalue weighted by Gasteiger charge is -2.09. The van der Waals surface area contributed by atoms with Crippen LogP contribution in [0.5, 0.6) is 5.75 Å². The van der Waals surface area contributed by atoms with Crippen LogP contribution < -0.4 is 15.8 Å². The number of hydrogen-bond acceptors (Lipinski definition) is 6. The van der Waals surface area contributed by atoms with Crippen LogP contribution in [0.3, 0.4) is 0 Å². The number of ether oxygens (including phenoxy) is 1. The molecule has 1 heterocycles. The monoisotopic (exact) mass is 387 g/mol. The Morgan fingerprint density at radius 1 is 1.50 bits per heavy atom. The first-order chi connectivity index (χ1) is 11.0. The summed E-state index contributed by atoms with van der Waals surface area (Å²) in [4.78, 5) is 16.5. The van der Waals surface area contributed by atoms with E-state index in [2.05, 4.69) is 10.3 Å². The number of amides is 1. The second-order valence-corrected chi connectivity index (χ2v) is 6.96. The topological polar surface area (TPSA) is 77.2 Å². The Balaban J connectivity index is 0.00000288. The van der Waals surface area contributed by atoms with Crippen LogP contribution in [0.1, 0.15) is 12.0 Å². The van der Waals surface area contributed by atoms with Crippen LogP contribution in [0.4, 0.5) is 5.13 Å². The Kier molecular flexibility index (Phi) is 8.55. The molecular formula is C16H22ClN3O2S2. The molecule has 1 atom stereocenters. The van der Waals surface area contributed by atoms with Gasteiger partial charge in [0.05, 0.1) is 18.8 Å². The first kappa shape index (κ1) is 20.8. The number of nitrogens with one attached hydrogen (secondary N) is 1. The van der Waals surface area contributed by atoms with E-state index >= 15 is 0 Å². The number of rotatable bonds is 7. The number of thiazole rings is 1. The molecule has 132 valence electrons.